The second-order valence-electron chi connectivity index (χ2n) is 7.76. The molecule has 0 fully saturated rings. The molecule has 0 aliphatic heterocycles. The zero-order valence-corrected chi connectivity index (χ0v) is 22.4. The highest BCUT2D eigenvalue weighted by Gasteiger charge is 2.29. The third-order valence-corrected chi connectivity index (χ3v) is 7.64. The molecule has 0 saturated carbocycles. The van der Waals surface area contributed by atoms with Crippen LogP contribution in [0.5, 0.6) is 0 Å². The number of benzene rings is 3. The molecule has 3 aromatic carbocycles. The van der Waals surface area contributed by atoms with Crippen molar-refractivity contribution >= 4 is 56.8 Å². The van der Waals surface area contributed by atoms with Crippen molar-refractivity contribution in [2.75, 3.05) is 26.1 Å². The van der Waals surface area contributed by atoms with Gasteiger partial charge in [0.05, 0.1) is 36.8 Å². The van der Waals surface area contributed by atoms with Crippen LogP contribution in [-0.4, -0.2) is 51.3 Å². The molecule has 0 aromatic heterocycles. The van der Waals surface area contributed by atoms with Crippen molar-refractivity contribution in [3.05, 3.63) is 93.2 Å². The Kier molecular flexibility index (Phi) is 9.45. The van der Waals surface area contributed by atoms with Gasteiger partial charge in [0.1, 0.15) is 5.82 Å². The van der Waals surface area contributed by atoms with E-state index < -0.39 is 46.8 Å². The van der Waals surface area contributed by atoms with Crippen molar-refractivity contribution in [3.63, 3.8) is 0 Å². The van der Waals surface area contributed by atoms with E-state index in [1.165, 1.54) is 54.6 Å². The van der Waals surface area contributed by atoms with E-state index in [4.69, 9.17) is 23.2 Å². The molecular weight excluding hydrogens is 562 g/mol. The molecule has 3 rings (SSSR count). The SMILES string of the molecule is COC(=O)c1cc(NC(=O)CN(Cc2c(F)cccc2Cl)S(=O)(=O)c2ccc(Cl)cc2)cc(C(=O)OC)c1. The number of rotatable bonds is 9. The normalized spacial score (nSPS) is 11.2. The highest BCUT2D eigenvalue weighted by molar-refractivity contribution is 7.89. The van der Waals surface area contributed by atoms with Crippen LogP contribution in [0, 0.1) is 5.82 Å². The molecule has 1 N–H and O–H groups in total. The molecule has 0 bridgehead atoms. The number of carbonyl (C=O) groups excluding carboxylic acids is 3. The highest BCUT2D eigenvalue weighted by Crippen LogP contribution is 2.26. The molecule has 0 aliphatic carbocycles. The summed E-state index contributed by atoms with van der Waals surface area (Å²) in [6.45, 7) is -1.34. The molecule has 200 valence electrons. The summed E-state index contributed by atoms with van der Waals surface area (Å²) in [7, 11) is -2.07. The number of sulfonamides is 1. The number of hydrogen-bond donors (Lipinski definition) is 1. The second kappa shape index (κ2) is 12.4. The van der Waals surface area contributed by atoms with Crippen LogP contribution < -0.4 is 5.32 Å². The maximum absolute atomic E-state index is 14.5. The topological polar surface area (TPSA) is 119 Å². The van der Waals surface area contributed by atoms with E-state index in [1.807, 2.05) is 0 Å². The average molecular weight is 583 g/mol. The number of carbonyl (C=O) groups is 3. The Morgan fingerprint density at radius 1 is 0.921 bits per heavy atom. The molecule has 9 nitrogen and oxygen atoms in total. The zero-order valence-electron chi connectivity index (χ0n) is 20.0. The number of ether oxygens (including phenoxy) is 2. The molecule has 0 saturated heterocycles. The molecular formula is C25H21Cl2FN2O7S. The van der Waals surface area contributed by atoms with E-state index in [0.29, 0.717) is 0 Å². The molecule has 0 heterocycles. The third kappa shape index (κ3) is 6.87. The fourth-order valence-corrected chi connectivity index (χ4v) is 5.09. The van der Waals surface area contributed by atoms with Gasteiger partial charge < -0.3 is 14.8 Å². The molecule has 13 heteroatoms. The molecule has 38 heavy (non-hydrogen) atoms. The van der Waals surface area contributed by atoms with E-state index in [-0.39, 0.29) is 37.3 Å². The fourth-order valence-electron chi connectivity index (χ4n) is 3.37. The molecule has 0 spiro atoms. The van der Waals surface area contributed by atoms with Gasteiger partial charge >= 0.3 is 11.9 Å². The summed E-state index contributed by atoms with van der Waals surface area (Å²) in [6.07, 6.45) is 0. The number of amides is 1. The van der Waals surface area contributed by atoms with Crippen molar-refractivity contribution in [3.8, 4) is 0 Å². The maximum atomic E-state index is 14.5. The Labute approximate surface area is 228 Å². The van der Waals surface area contributed by atoms with Crippen LogP contribution in [0.4, 0.5) is 10.1 Å². The summed E-state index contributed by atoms with van der Waals surface area (Å²) in [5.41, 5.74) is -0.268. The molecule has 0 radical (unpaired) electrons. The number of halogens is 3. The van der Waals surface area contributed by atoms with E-state index in [9.17, 15) is 27.2 Å². The molecule has 3 aromatic rings. The molecule has 0 unspecified atom stereocenters. The van der Waals surface area contributed by atoms with Crippen molar-refractivity contribution in [1.29, 1.82) is 0 Å². The van der Waals surface area contributed by atoms with Gasteiger partial charge in [-0.1, -0.05) is 29.3 Å². The van der Waals surface area contributed by atoms with Crippen molar-refractivity contribution in [2.24, 2.45) is 0 Å². The predicted octanol–water partition coefficient (Wildman–Crippen LogP) is 4.54. The average Bonchev–Trinajstić information content (AvgIpc) is 2.89. The second-order valence-corrected chi connectivity index (χ2v) is 10.5. The lowest BCUT2D eigenvalue weighted by molar-refractivity contribution is -0.116. The van der Waals surface area contributed by atoms with Gasteiger partial charge in [0.15, 0.2) is 0 Å². The van der Waals surface area contributed by atoms with Crippen molar-refractivity contribution < 1.29 is 36.7 Å². The predicted molar refractivity (Wildman–Crippen MR) is 138 cm³/mol. The first kappa shape index (κ1) is 29.1. The van der Waals surface area contributed by atoms with E-state index in [0.717, 1.165) is 24.6 Å². The number of esters is 2. The number of nitrogens with zero attached hydrogens (tertiary/aromatic N) is 1. The lowest BCUT2D eigenvalue weighted by Crippen LogP contribution is -2.38. The number of nitrogens with one attached hydrogen (secondary N) is 1. The van der Waals surface area contributed by atoms with Crippen LogP contribution in [-0.2, 0) is 30.8 Å². The summed E-state index contributed by atoms with van der Waals surface area (Å²) < 4.78 is 51.5. The van der Waals surface area contributed by atoms with Gasteiger partial charge in [-0.05, 0) is 54.6 Å². The maximum Gasteiger partial charge on any atom is 0.337 e. The minimum atomic E-state index is -4.35. The smallest absolute Gasteiger partial charge is 0.337 e. The Hall–Kier alpha value is -3.51. The summed E-state index contributed by atoms with van der Waals surface area (Å²) in [6, 6.07) is 12.8. The summed E-state index contributed by atoms with van der Waals surface area (Å²) >= 11 is 12.0. The summed E-state index contributed by atoms with van der Waals surface area (Å²) in [5.74, 6) is -3.18. The Balaban J connectivity index is 1.97. The Morgan fingerprint density at radius 3 is 2.03 bits per heavy atom. The van der Waals surface area contributed by atoms with Gasteiger partial charge in [0.2, 0.25) is 15.9 Å². The summed E-state index contributed by atoms with van der Waals surface area (Å²) in [4.78, 5) is 36.9. The van der Waals surface area contributed by atoms with Gasteiger partial charge in [0.25, 0.3) is 0 Å². The highest BCUT2D eigenvalue weighted by atomic mass is 35.5. The largest absolute Gasteiger partial charge is 0.465 e. The van der Waals surface area contributed by atoms with Crippen molar-refractivity contribution in [2.45, 2.75) is 11.4 Å². The standard InChI is InChI=1S/C25H21Cl2FN2O7S/c1-36-24(32)15-10-16(25(33)37-2)12-18(11-15)29-23(31)14-30(13-20-21(27)4-3-5-22(20)28)38(34,35)19-8-6-17(26)7-9-19/h3-12H,13-14H2,1-2H3,(H,29,31). The van der Waals surface area contributed by atoms with E-state index in [1.54, 1.807) is 0 Å². The van der Waals surface area contributed by atoms with Crippen LogP contribution in [0.15, 0.2) is 65.6 Å². The first-order valence-electron chi connectivity index (χ1n) is 10.8. The Bertz CT molecular complexity index is 1430. The lowest BCUT2D eigenvalue weighted by atomic mass is 10.1. The quantitative estimate of drug-likeness (QED) is 0.368. The van der Waals surface area contributed by atoms with Crippen LogP contribution in [0.3, 0.4) is 0 Å². The number of methoxy groups -OCH3 is 2. The minimum absolute atomic E-state index is 0.00827. The van der Waals surface area contributed by atoms with Gasteiger partial charge in [-0.3, -0.25) is 4.79 Å². The van der Waals surface area contributed by atoms with Crippen molar-refractivity contribution in [1.82, 2.24) is 4.31 Å². The summed E-state index contributed by atoms with van der Waals surface area (Å²) in [5, 5.41) is 2.71. The van der Waals surface area contributed by atoms with E-state index >= 15 is 0 Å². The monoisotopic (exact) mass is 582 g/mol. The van der Waals surface area contributed by atoms with Crippen LogP contribution in [0.25, 0.3) is 0 Å². The van der Waals surface area contributed by atoms with Gasteiger partial charge in [-0.15, -0.1) is 0 Å². The van der Waals surface area contributed by atoms with Crippen LogP contribution in [0.1, 0.15) is 26.3 Å². The van der Waals surface area contributed by atoms with Gasteiger partial charge in [-0.2, -0.15) is 4.31 Å². The first-order chi connectivity index (χ1) is 18.0. The first-order valence-corrected chi connectivity index (χ1v) is 13.0. The van der Waals surface area contributed by atoms with Crippen LogP contribution in [0.2, 0.25) is 10.0 Å². The number of hydrogen-bond acceptors (Lipinski definition) is 7. The van der Waals surface area contributed by atoms with Gasteiger partial charge in [-0.25, -0.2) is 22.4 Å². The van der Waals surface area contributed by atoms with E-state index in [2.05, 4.69) is 14.8 Å². The van der Waals surface area contributed by atoms with Crippen LogP contribution >= 0.6 is 23.2 Å². The Morgan fingerprint density at radius 2 is 1.50 bits per heavy atom. The number of anilines is 1. The zero-order chi connectivity index (χ0) is 28.0. The third-order valence-electron chi connectivity index (χ3n) is 5.23. The fraction of sp³-hybridized carbons (Fsp3) is 0.160. The minimum Gasteiger partial charge on any atom is -0.465 e. The lowest BCUT2D eigenvalue weighted by Gasteiger charge is -2.23. The van der Waals surface area contributed by atoms with Gasteiger partial charge in [0, 0.05) is 27.8 Å². The molecule has 0 atom stereocenters. The molecule has 0 aliphatic rings. The molecule has 1 amide bonds.